The number of amides is 2. The molecule has 114 valence electrons. The van der Waals surface area contributed by atoms with E-state index in [4.69, 9.17) is 5.73 Å². The van der Waals surface area contributed by atoms with Gasteiger partial charge in [0.2, 0.25) is 5.91 Å². The Bertz CT molecular complexity index is 532. The van der Waals surface area contributed by atoms with Crippen molar-refractivity contribution in [2.75, 3.05) is 31.9 Å². The molecule has 0 saturated carbocycles. The Morgan fingerprint density at radius 3 is 2.19 bits per heavy atom. The summed E-state index contributed by atoms with van der Waals surface area (Å²) in [5.74, 6) is 0.102. The van der Waals surface area contributed by atoms with Crippen molar-refractivity contribution >= 4 is 33.4 Å². The summed E-state index contributed by atoms with van der Waals surface area (Å²) in [7, 11) is 0. The fraction of sp³-hybridized carbons (Fsp3) is 0.467. The van der Waals surface area contributed by atoms with E-state index in [1.165, 1.54) is 0 Å². The van der Waals surface area contributed by atoms with Crippen molar-refractivity contribution in [2.45, 2.75) is 13.8 Å². The molecule has 21 heavy (non-hydrogen) atoms. The average molecular weight is 354 g/mol. The molecule has 1 saturated heterocycles. The van der Waals surface area contributed by atoms with Gasteiger partial charge in [0.05, 0.1) is 0 Å². The number of halogens is 1. The van der Waals surface area contributed by atoms with E-state index in [9.17, 15) is 9.59 Å². The Balaban J connectivity index is 2.02. The number of carbonyl (C=O) groups excluding carboxylic acids is 2. The second-order valence-corrected chi connectivity index (χ2v) is 6.46. The molecule has 2 N–H and O–H groups in total. The number of benzene rings is 1. The lowest BCUT2D eigenvalue weighted by Crippen LogP contribution is -2.51. The third-order valence-electron chi connectivity index (χ3n) is 3.54. The molecule has 1 heterocycles. The molecule has 2 amide bonds. The maximum atomic E-state index is 12.5. The largest absolute Gasteiger partial charge is 0.399 e. The van der Waals surface area contributed by atoms with Gasteiger partial charge in [-0.05, 0) is 18.2 Å². The van der Waals surface area contributed by atoms with Crippen molar-refractivity contribution in [1.29, 1.82) is 0 Å². The quantitative estimate of drug-likeness (QED) is 0.826. The van der Waals surface area contributed by atoms with Crippen LogP contribution in [0.15, 0.2) is 22.7 Å². The normalized spacial score (nSPS) is 15.4. The highest BCUT2D eigenvalue weighted by molar-refractivity contribution is 9.10. The van der Waals surface area contributed by atoms with Crippen LogP contribution in [0.25, 0.3) is 0 Å². The van der Waals surface area contributed by atoms with Gasteiger partial charge in [0, 0.05) is 47.8 Å². The fourth-order valence-corrected chi connectivity index (χ4v) is 2.92. The number of rotatable bonds is 2. The number of carbonyl (C=O) groups is 2. The van der Waals surface area contributed by atoms with E-state index in [1.807, 2.05) is 18.7 Å². The molecule has 5 nitrogen and oxygen atoms in total. The van der Waals surface area contributed by atoms with Crippen molar-refractivity contribution < 1.29 is 9.59 Å². The lowest BCUT2D eigenvalue weighted by atomic mass is 10.1. The van der Waals surface area contributed by atoms with Crippen LogP contribution in [0, 0.1) is 5.92 Å². The van der Waals surface area contributed by atoms with E-state index >= 15 is 0 Å². The predicted molar refractivity (Wildman–Crippen MR) is 85.9 cm³/mol. The first-order chi connectivity index (χ1) is 9.88. The number of hydrogen-bond acceptors (Lipinski definition) is 3. The summed E-state index contributed by atoms with van der Waals surface area (Å²) in [5.41, 5.74) is 6.90. The summed E-state index contributed by atoms with van der Waals surface area (Å²) in [6.45, 7) is 6.08. The number of nitrogen functional groups attached to an aromatic ring is 1. The van der Waals surface area contributed by atoms with Crippen LogP contribution in [0.2, 0.25) is 0 Å². The van der Waals surface area contributed by atoms with E-state index < -0.39 is 0 Å². The summed E-state index contributed by atoms with van der Waals surface area (Å²) in [5, 5.41) is 0. The molecule has 0 bridgehead atoms. The lowest BCUT2D eigenvalue weighted by molar-refractivity contribution is -0.135. The molecular formula is C15H20BrN3O2. The van der Waals surface area contributed by atoms with Gasteiger partial charge in [0.25, 0.3) is 5.91 Å². The lowest BCUT2D eigenvalue weighted by Gasteiger charge is -2.35. The molecule has 1 fully saturated rings. The second kappa shape index (κ2) is 6.47. The van der Waals surface area contributed by atoms with Crippen LogP contribution < -0.4 is 5.73 Å². The summed E-state index contributed by atoms with van der Waals surface area (Å²) >= 11 is 3.35. The molecular weight excluding hydrogens is 334 g/mol. The standard InChI is InChI=1S/C15H20BrN3O2/c1-10(2)14(20)18-3-5-19(6-4-18)15(21)11-7-12(16)9-13(17)8-11/h7-10H,3-6,17H2,1-2H3. The maximum absolute atomic E-state index is 12.5. The first-order valence-electron chi connectivity index (χ1n) is 7.02. The van der Waals surface area contributed by atoms with Gasteiger partial charge in [-0.15, -0.1) is 0 Å². The highest BCUT2D eigenvalue weighted by Gasteiger charge is 2.26. The van der Waals surface area contributed by atoms with Gasteiger partial charge >= 0.3 is 0 Å². The zero-order valence-corrected chi connectivity index (χ0v) is 13.9. The molecule has 0 radical (unpaired) electrons. The highest BCUT2D eigenvalue weighted by atomic mass is 79.9. The van der Waals surface area contributed by atoms with E-state index in [2.05, 4.69) is 15.9 Å². The Hall–Kier alpha value is -1.56. The molecule has 0 atom stereocenters. The number of anilines is 1. The second-order valence-electron chi connectivity index (χ2n) is 5.55. The number of piperazine rings is 1. The van der Waals surface area contributed by atoms with Gasteiger partial charge in [-0.2, -0.15) is 0 Å². The Labute approximate surface area is 133 Å². The minimum Gasteiger partial charge on any atom is -0.399 e. The smallest absolute Gasteiger partial charge is 0.254 e. The van der Waals surface area contributed by atoms with Gasteiger partial charge < -0.3 is 15.5 Å². The number of hydrogen-bond donors (Lipinski definition) is 1. The molecule has 1 aliphatic rings. The molecule has 0 unspecified atom stereocenters. The predicted octanol–water partition coefficient (Wildman–Crippen LogP) is 1.97. The fourth-order valence-electron chi connectivity index (χ4n) is 2.41. The van der Waals surface area contributed by atoms with Crippen molar-refractivity contribution in [3.8, 4) is 0 Å². The van der Waals surface area contributed by atoms with Crippen molar-refractivity contribution in [3.63, 3.8) is 0 Å². The Morgan fingerprint density at radius 1 is 1.10 bits per heavy atom. The van der Waals surface area contributed by atoms with E-state index in [0.29, 0.717) is 37.4 Å². The molecule has 0 aromatic heterocycles. The van der Waals surface area contributed by atoms with Gasteiger partial charge in [0.15, 0.2) is 0 Å². The van der Waals surface area contributed by atoms with Crippen LogP contribution in [0.5, 0.6) is 0 Å². The zero-order valence-electron chi connectivity index (χ0n) is 12.3. The monoisotopic (exact) mass is 353 g/mol. The molecule has 1 aliphatic heterocycles. The van der Waals surface area contributed by atoms with Crippen LogP contribution in [-0.2, 0) is 4.79 Å². The molecule has 0 aliphatic carbocycles. The summed E-state index contributed by atoms with van der Waals surface area (Å²) in [6.07, 6.45) is 0. The molecule has 1 aromatic rings. The Kier molecular flexibility index (Phi) is 4.88. The van der Waals surface area contributed by atoms with Gasteiger partial charge in [-0.3, -0.25) is 9.59 Å². The Morgan fingerprint density at radius 2 is 1.67 bits per heavy atom. The van der Waals surface area contributed by atoms with Crippen molar-refractivity contribution in [3.05, 3.63) is 28.2 Å². The first-order valence-corrected chi connectivity index (χ1v) is 7.82. The molecule has 0 spiro atoms. The zero-order chi connectivity index (χ0) is 15.6. The third kappa shape index (κ3) is 3.75. The van der Waals surface area contributed by atoms with E-state index in [-0.39, 0.29) is 17.7 Å². The average Bonchev–Trinajstić information content (AvgIpc) is 2.44. The van der Waals surface area contributed by atoms with Gasteiger partial charge in [-0.25, -0.2) is 0 Å². The van der Waals surface area contributed by atoms with Crippen LogP contribution in [-0.4, -0.2) is 47.8 Å². The van der Waals surface area contributed by atoms with Crippen LogP contribution in [0.3, 0.4) is 0 Å². The first kappa shape index (κ1) is 15.8. The van der Waals surface area contributed by atoms with Crippen LogP contribution in [0.4, 0.5) is 5.69 Å². The molecule has 1 aromatic carbocycles. The maximum Gasteiger partial charge on any atom is 0.254 e. The minimum absolute atomic E-state index is 0.00266. The van der Waals surface area contributed by atoms with Crippen LogP contribution in [0.1, 0.15) is 24.2 Å². The minimum atomic E-state index is -0.0420. The van der Waals surface area contributed by atoms with E-state index in [0.717, 1.165) is 4.47 Å². The topological polar surface area (TPSA) is 66.6 Å². The summed E-state index contributed by atoms with van der Waals surface area (Å²) in [4.78, 5) is 28.0. The van der Waals surface area contributed by atoms with Crippen molar-refractivity contribution in [1.82, 2.24) is 9.80 Å². The number of nitrogens with two attached hydrogens (primary N) is 1. The van der Waals surface area contributed by atoms with Gasteiger partial charge in [0.1, 0.15) is 0 Å². The summed E-state index contributed by atoms with van der Waals surface area (Å²) in [6, 6.07) is 5.21. The molecule has 6 heteroatoms. The van der Waals surface area contributed by atoms with Crippen LogP contribution >= 0.6 is 15.9 Å². The SMILES string of the molecule is CC(C)C(=O)N1CCN(C(=O)c2cc(N)cc(Br)c2)CC1. The third-order valence-corrected chi connectivity index (χ3v) is 4.00. The highest BCUT2D eigenvalue weighted by Crippen LogP contribution is 2.19. The van der Waals surface area contributed by atoms with Gasteiger partial charge in [-0.1, -0.05) is 29.8 Å². The van der Waals surface area contributed by atoms with E-state index in [1.54, 1.807) is 23.1 Å². The summed E-state index contributed by atoms with van der Waals surface area (Å²) < 4.78 is 0.791. The van der Waals surface area contributed by atoms with Crippen molar-refractivity contribution in [2.24, 2.45) is 5.92 Å². The molecule has 2 rings (SSSR count). The number of nitrogens with zero attached hydrogens (tertiary/aromatic N) is 2.